The summed E-state index contributed by atoms with van der Waals surface area (Å²) < 4.78 is 4.24. The average Bonchev–Trinajstić information content (AvgIpc) is 3.25. The number of rotatable bonds is 4. The molecule has 0 saturated carbocycles. The highest BCUT2D eigenvalue weighted by Crippen LogP contribution is 2.32. The maximum Gasteiger partial charge on any atom is 0.132 e. The van der Waals surface area contributed by atoms with Gasteiger partial charge in [0.25, 0.3) is 0 Å². The van der Waals surface area contributed by atoms with E-state index in [2.05, 4.69) is 77.3 Å². The third-order valence-corrected chi connectivity index (χ3v) is 5.85. The molecule has 1 aromatic carbocycles. The lowest BCUT2D eigenvalue weighted by Gasteiger charge is -2.33. The van der Waals surface area contributed by atoms with E-state index in [9.17, 15) is 0 Å². The van der Waals surface area contributed by atoms with Crippen molar-refractivity contribution in [3.8, 4) is 5.69 Å². The van der Waals surface area contributed by atoms with Crippen LogP contribution in [-0.2, 0) is 13.5 Å². The monoisotopic (exact) mass is 363 g/mol. The van der Waals surface area contributed by atoms with Gasteiger partial charge in [0.15, 0.2) is 0 Å². The Kier molecular flexibility index (Phi) is 4.77. The normalized spacial score (nSPS) is 15.5. The number of aromatic nitrogens is 4. The SMILES string of the molecule is CCc1cccc(-n2nc(C)cc2N2CCC(c3ncn(C)c3C)CC2)c1. The maximum atomic E-state index is 4.79. The van der Waals surface area contributed by atoms with Gasteiger partial charge in [-0.15, -0.1) is 0 Å². The molecular weight excluding hydrogens is 334 g/mol. The van der Waals surface area contributed by atoms with E-state index in [1.807, 2.05) is 6.33 Å². The largest absolute Gasteiger partial charge is 0.356 e. The summed E-state index contributed by atoms with van der Waals surface area (Å²) in [6.07, 6.45) is 5.25. The number of anilines is 1. The second-order valence-corrected chi connectivity index (χ2v) is 7.67. The molecule has 0 aliphatic carbocycles. The number of imidazole rings is 1. The number of hydrogen-bond acceptors (Lipinski definition) is 3. The van der Waals surface area contributed by atoms with Gasteiger partial charge in [-0.2, -0.15) is 5.10 Å². The van der Waals surface area contributed by atoms with Gasteiger partial charge in [0.2, 0.25) is 0 Å². The fourth-order valence-electron chi connectivity index (χ4n) is 4.10. The van der Waals surface area contributed by atoms with Crippen molar-refractivity contribution in [3.63, 3.8) is 0 Å². The molecule has 0 spiro atoms. The predicted octanol–water partition coefficient (Wildman–Crippen LogP) is 4.17. The molecule has 1 aliphatic heterocycles. The molecule has 27 heavy (non-hydrogen) atoms. The van der Waals surface area contributed by atoms with Crippen LogP contribution >= 0.6 is 0 Å². The minimum Gasteiger partial charge on any atom is -0.356 e. The molecular formula is C22H29N5. The van der Waals surface area contributed by atoms with Crippen LogP contribution in [0.2, 0.25) is 0 Å². The first-order valence-electron chi connectivity index (χ1n) is 9.95. The molecule has 1 saturated heterocycles. The minimum atomic E-state index is 0.559. The fraction of sp³-hybridized carbons (Fsp3) is 0.455. The van der Waals surface area contributed by atoms with E-state index in [4.69, 9.17) is 5.10 Å². The molecule has 0 bridgehead atoms. The van der Waals surface area contributed by atoms with Gasteiger partial charge in [-0.3, -0.25) is 0 Å². The summed E-state index contributed by atoms with van der Waals surface area (Å²) in [7, 11) is 2.08. The highest BCUT2D eigenvalue weighted by Gasteiger charge is 2.26. The smallest absolute Gasteiger partial charge is 0.132 e. The van der Waals surface area contributed by atoms with Crippen molar-refractivity contribution in [1.29, 1.82) is 0 Å². The minimum absolute atomic E-state index is 0.559. The second-order valence-electron chi connectivity index (χ2n) is 7.67. The number of piperidine rings is 1. The molecule has 0 N–H and O–H groups in total. The molecule has 1 fully saturated rings. The van der Waals surface area contributed by atoms with Gasteiger partial charge >= 0.3 is 0 Å². The van der Waals surface area contributed by atoms with Crippen LogP contribution in [0.5, 0.6) is 0 Å². The molecule has 5 heteroatoms. The summed E-state index contributed by atoms with van der Waals surface area (Å²) in [6.45, 7) is 8.53. The Morgan fingerprint density at radius 2 is 1.89 bits per heavy atom. The summed E-state index contributed by atoms with van der Waals surface area (Å²) in [4.78, 5) is 7.13. The first-order chi connectivity index (χ1) is 13.1. The Bertz CT molecular complexity index is 928. The third-order valence-electron chi connectivity index (χ3n) is 5.85. The zero-order chi connectivity index (χ0) is 19.0. The molecule has 142 valence electrons. The highest BCUT2D eigenvalue weighted by molar-refractivity contribution is 5.50. The molecule has 0 unspecified atom stereocenters. The highest BCUT2D eigenvalue weighted by atomic mass is 15.4. The van der Waals surface area contributed by atoms with Crippen molar-refractivity contribution >= 4 is 5.82 Å². The summed E-state index contributed by atoms with van der Waals surface area (Å²) in [5, 5.41) is 4.79. The lowest BCUT2D eigenvalue weighted by Crippen LogP contribution is -2.34. The number of benzene rings is 1. The molecule has 1 aliphatic rings. The van der Waals surface area contributed by atoms with Crippen molar-refractivity contribution in [2.75, 3.05) is 18.0 Å². The number of aryl methyl sites for hydroxylation is 3. The van der Waals surface area contributed by atoms with Crippen LogP contribution < -0.4 is 4.90 Å². The summed E-state index contributed by atoms with van der Waals surface area (Å²) >= 11 is 0. The number of hydrogen-bond donors (Lipinski definition) is 0. The Morgan fingerprint density at radius 3 is 2.56 bits per heavy atom. The van der Waals surface area contributed by atoms with Crippen molar-refractivity contribution in [2.45, 2.75) is 46.0 Å². The van der Waals surface area contributed by atoms with Gasteiger partial charge in [0.05, 0.1) is 23.4 Å². The van der Waals surface area contributed by atoms with Gasteiger partial charge in [0, 0.05) is 37.8 Å². The Hall–Kier alpha value is -2.56. The van der Waals surface area contributed by atoms with Gasteiger partial charge in [-0.25, -0.2) is 9.67 Å². The number of nitrogens with zero attached hydrogens (tertiary/aromatic N) is 5. The predicted molar refractivity (Wildman–Crippen MR) is 110 cm³/mol. The van der Waals surface area contributed by atoms with Crippen LogP contribution in [0.4, 0.5) is 5.82 Å². The van der Waals surface area contributed by atoms with Crippen LogP contribution in [0, 0.1) is 13.8 Å². The van der Waals surface area contributed by atoms with E-state index >= 15 is 0 Å². The molecule has 4 rings (SSSR count). The zero-order valence-corrected chi connectivity index (χ0v) is 16.8. The second kappa shape index (κ2) is 7.22. The van der Waals surface area contributed by atoms with Gasteiger partial charge in [0.1, 0.15) is 5.82 Å². The molecule has 3 heterocycles. The summed E-state index contributed by atoms with van der Waals surface area (Å²) in [6, 6.07) is 10.9. The molecule has 2 aromatic heterocycles. The molecule has 0 atom stereocenters. The van der Waals surface area contributed by atoms with E-state index in [0.717, 1.165) is 43.7 Å². The zero-order valence-electron chi connectivity index (χ0n) is 16.8. The standard InChI is InChI=1S/C22H29N5/c1-5-18-7-6-8-20(14-18)27-21(13-16(2)24-27)26-11-9-19(10-12-26)22-17(3)25(4)15-23-22/h6-8,13-15,19H,5,9-12H2,1-4H3. The van der Waals surface area contributed by atoms with Crippen LogP contribution in [-0.4, -0.2) is 32.4 Å². The summed E-state index contributed by atoms with van der Waals surface area (Å²) in [5.74, 6) is 1.76. The fourth-order valence-corrected chi connectivity index (χ4v) is 4.10. The first-order valence-corrected chi connectivity index (χ1v) is 9.95. The van der Waals surface area contributed by atoms with E-state index in [1.165, 1.54) is 22.8 Å². The van der Waals surface area contributed by atoms with Gasteiger partial charge < -0.3 is 9.47 Å². The molecule has 0 radical (unpaired) electrons. The van der Waals surface area contributed by atoms with Gasteiger partial charge in [-0.05, 0) is 50.8 Å². The lowest BCUT2D eigenvalue weighted by atomic mass is 9.92. The third kappa shape index (κ3) is 3.38. The van der Waals surface area contributed by atoms with Crippen molar-refractivity contribution in [2.24, 2.45) is 7.05 Å². The van der Waals surface area contributed by atoms with E-state index in [1.54, 1.807) is 0 Å². The lowest BCUT2D eigenvalue weighted by molar-refractivity contribution is 0.490. The maximum absolute atomic E-state index is 4.79. The van der Waals surface area contributed by atoms with Gasteiger partial charge in [-0.1, -0.05) is 19.1 Å². The van der Waals surface area contributed by atoms with Crippen LogP contribution in [0.25, 0.3) is 5.69 Å². The first kappa shape index (κ1) is 17.8. The van der Waals surface area contributed by atoms with Crippen molar-refractivity contribution < 1.29 is 0 Å². The molecule has 5 nitrogen and oxygen atoms in total. The van der Waals surface area contributed by atoms with Crippen molar-refractivity contribution in [1.82, 2.24) is 19.3 Å². The van der Waals surface area contributed by atoms with E-state index in [0.29, 0.717) is 5.92 Å². The Labute approximate surface area is 161 Å². The van der Waals surface area contributed by atoms with Crippen LogP contribution in [0.3, 0.4) is 0 Å². The molecule has 0 amide bonds. The van der Waals surface area contributed by atoms with E-state index < -0.39 is 0 Å². The Balaban J connectivity index is 1.56. The average molecular weight is 364 g/mol. The van der Waals surface area contributed by atoms with Crippen molar-refractivity contribution in [3.05, 3.63) is 59.3 Å². The Morgan fingerprint density at radius 1 is 1.11 bits per heavy atom. The quantitative estimate of drug-likeness (QED) is 0.698. The van der Waals surface area contributed by atoms with E-state index in [-0.39, 0.29) is 0 Å². The topological polar surface area (TPSA) is 38.9 Å². The van der Waals surface area contributed by atoms with Crippen LogP contribution in [0.15, 0.2) is 36.7 Å². The molecule has 3 aromatic rings. The summed E-state index contributed by atoms with van der Waals surface area (Å²) in [5.41, 5.74) is 6.13. The van der Waals surface area contributed by atoms with Crippen LogP contribution in [0.1, 0.15) is 48.3 Å².